The van der Waals surface area contributed by atoms with Crippen molar-refractivity contribution in [2.75, 3.05) is 32.4 Å². The molecule has 0 spiro atoms. The van der Waals surface area contributed by atoms with E-state index in [9.17, 15) is 21.2 Å². The standard InChI is InChI=1S/C24H33FN2O5S2/c1-19(2)18-27(15-12-20-4-6-21(25)7-5-20)34(30,31)24-10-8-22(9-11-24)32-23-13-16-26(17-14-23)33(3,28)29/h4-11,19,23H,12-18H2,1-3H3. The summed E-state index contributed by atoms with van der Waals surface area (Å²) in [5.74, 6) is 0.376. The van der Waals surface area contributed by atoms with E-state index in [0.29, 0.717) is 51.2 Å². The van der Waals surface area contributed by atoms with Gasteiger partial charge in [0.05, 0.1) is 11.2 Å². The number of ether oxygens (including phenoxy) is 1. The summed E-state index contributed by atoms with van der Waals surface area (Å²) in [7, 11) is -6.91. The Bertz CT molecular complexity index is 1140. The van der Waals surface area contributed by atoms with Gasteiger partial charge in [0.15, 0.2) is 0 Å². The largest absolute Gasteiger partial charge is 0.490 e. The third kappa shape index (κ3) is 7.24. The summed E-state index contributed by atoms with van der Waals surface area (Å²) in [5.41, 5.74) is 0.871. The highest BCUT2D eigenvalue weighted by Crippen LogP contribution is 2.24. The third-order valence-corrected chi connectivity index (χ3v) is 8.95. The van der Waals surface area contributed by atoms with E-state index in [0.717, 1.165) is 5.56 Å². The Balaban J connectivity index is 1.65. The van der Waals surface area contributed by atoms with E-state index in [1.54, 1.807) is 36.4 Å². The van der Waals surface area contributed by atoms with E-state index < -0.39 is 20.0 Å². The molecule has 0 amide bonds. The van der Waals surface area contributed by atoms with Crippen LogP contribution in [0.1, 0.15) is 32.3 Å². The van der Waals surface area contributed by atoms with Gasteiger partial charge in [0.2, 0.25) is 20.0 Å². The van der Waals surface area contributed by atoms with Gasteiger partial charge in [-0.05, 0) is 67.1 Å². The van der Waals surface area contributed by atoms with E-state index in [4.69, 9.17) is 4.74 Å². The number of hydrogen-bond donors (Lipinski definition) is 0. The predicted octanol–water partition coefficient (Wildman–Crippen LogP) is 3.52. The highest BCUT2D eigenvalue weighted by Gasteiger charge is 2.27. The smallest absolute Gasteiger partial charge is 0.243 e. The van der Waals surface area contributed by atoms with Gasteiger partial charge in [-0.25, -0.2) is 25.5 Å². The Morgan fingerprint density at radius 1 is 1.00 bits per heavy atom. The van der Waals surface area contributed by atoms with Gasteiger partial charge >= 0.3 is 0 Å². The summed E-state index contributed by atoms with van der Waals surface area (Å²) < 4.78 is 72.0. The Labute approximate surface area is 202 Å². The average molecular weight is 513 g/mol. The van der Waals surface area contributed by atoms with Gasteiger partial charge in [-0.15, -0.1) is 0 Å². The minimum absolute atomic E-state index is 0.117. The minimum atomic E-state index is -3.72. The molecular formula is C24H33FN2O5S2. The van der Waals surface area contributed by atoms with Crippen LogP contribution >= 0.6 is 0 Å². The van der Waals surface area contributed by atoms with Gasteiger partial charge in [0.1, 0.15) is 17.7 Å². The zero-order valence-electron chi connectivity index (χ0n) is 19.9. The zero-order chi connectivity index (χ0) is 24.9. The maximum Gasteiger partial charge on any atom is 0.243 e. The monoisotopic (exact) mass is 512 g/mol. The highest BCUT2D eigenvalue weighted by atomic mass is 32.2. The van der Waals surface area contributed by atoms with Crippen molar-refractivity contribution in [1.82, 2.24) is 8.61 Å². The molecular weight excluding hydrogens is 479 g/mol. The molecule has 0 unspecified atom stereocenters. The van der Waals surface area contributed by atoms with Crippen LogP contribution in [-0.4, -0.2) is 64.0 Å². The summed E-state index contributed by atoms with van der Waals surface area (Å²) in [6, 6.07) is 12.5. The van der Waals surface area contributed by atoms with Crippen LogP contribution in [0.4, 0.5) is 4.39 Å². The van der Waals surface area contributed by atoms with E-state index in [1.807, 2.05) is 13.8 Å². The lowest BCUT2D eigenvalue weighted by molar-refractivity contribution is 0.135. The molecule has 2 aromatic rings. The van der Waals surface area contributed by atoms with Crippen LogP contribution in [0.15, 0.2) is 53.4 Å². The first kappa shape index (κ1) is 26.6. The number of benzene rings is 2. The summed E-state index contributed by atoms with van der Waals surface area (Å²) >= 11 is 0. The van der Waals surface area contributed by atoms with Crippen LogP contribution in [-0.2, 0) is 26.5 Å². The molecule has 188 valence electrons. The molecule has 1 heterocycles. The Kier molecular flexibility index (Phi) is 8.72. The molecule has 7 nitrogen and oxygen atoms in total. The van der Waals surface area contributed by atoms with Crippen molar-refractivity contribution in [2.24, 2.45) is 5.92 Å². The van der Waals surface area contributed by atoms with Gasteiger partial charge in [-0.3, -0.25) is 0 Å². The predicted molar refractivity (Wildman–Crippen MR) is 130 cm³/mol. The molecule has 10 heteroatoms. The van der Waals surface area contributed by atoms with Crippen LogP contribution in [0.25, 0.3) is 0 Å². The number of piperidine rings is 1. The summed E-state index contributed by atoms with van der Waals surface area (Å²) in [4.78, 5) is 0.187. The molecule has 1 fully saturated rings. The first-order valence-corrected chi connectivity index (χ1v) is 14.7. The Morgan fingerprint density at radius 2 is 1.59 bits per heavy atom. The van der Waals surface area contributed by atoms with Crippen LogP contribution in [0.3, 0.4) is 0 Å². The second-order valence-electron chi connectivity index (χ2n) is 9.08. The van der Waals surface area contributed by atoms with Gasteiger partial charge in [0.25, 0.3) is 0 Å². The van der Waals surface area contributed by atoms with Crippen molar-refractivity contribution >= 4 is 20.0 Å². The fraction of sp³-hybridized carbons (Fsp3) is 0.500. The van der Waals surface area contributed by atoms with Gasteiger partial charge < -0.3 is 4.74 Å². The first-order chi connectivity index (χ1) is 15.9. The molecule has 1 saturated heterocycles. The minimum Gasteiger partial charge on any atom is -0.490 e. The van der Waals surface area contributed by atoms with E-state index in [1.165, 1.54) is 27.0 Å². The second kappa shape index (κ2) is 11.2. The van der Waals surface area contributed by atoms with Crippen LogP contribution in [0, 0.1) is 11.7 Å². The molecule has 1 aliphatic rings. The number of halogens is 1. The molecule has 0 N–H and O–H groups in total. The van der Waals surface area contributed by atoms with Crippen molar-refractivity contribution < 1.29 is 26.0 Å². The van der Waals surface area contributed by atoms with Crippen LogP contribution < -0.4 is 4.74 Å². The first-order valence-electron chi connectivity index (χ1n) is 11.4. The number of hydrogen-bond acceptors (Lipinski definition) is 5. The number of rotatable bonds is 10. The SMILES string of the molecule is CC(C)CN(CCc1ccc(F)cc1)S(=O)(=O)c1ccc(OC2CCN(S(C)(=O)=O)CC2)cc1. The lowest BCUT2D eigenvalue weighted by Crippen LogP contribution is -2.41. The lowest BCUT2D eigenvalue weighted by Gasteiger charge is -2.30. The van der Waals surface area contributed by atoms with E-state index in [-0.39, 0.29) is 22.7 Å². The molecule has 0 bridgehead atoms. The highest BCUT2D eigenvalue weighted by molar-refractivity contribution is 7.89. The second-order valence-corrected chi connectivity index (χ2v) is 13.0. The number of nitrogens with zero attached hydrogens (tertiary/aromatic N) is 2. The molecule has 3 rings (SSSR count). The summed E-state index contributed by atoms with van der Waals surface area (Å²) in [6.45, 7) is 5.42. The molecule has 1 aliphatic heterocycles. The quantitative estimate of drug-likeness (QED) is 0.486. The summed E-state index contributed by atoms with van der Waals surface area (Å²) in [5, 5.41) is 0. The van der Waals surface area contributed by atoms with Gasteiger partial charge in [0, 0.05) is 26.2 Å². The van der Waals surface area contributed by atoms with Crippen molar-refractivity contribution in [3.63, 3.8) is 0 Å². The summed E-state index contributed by atoms with van der Waals surface area (Å²) in [6.07, 6.45) is 2.74. The third-order valence-electron chi connectivity index (χ3n) is 5.77. The molecule has 0 atom stereocenters. The maximum absolute atomic E-state index is 13.3. The maximum atomic E-state index is 13.3. The normalized spacial score (nSPS) is 16.3. The van der Waals surface area contributed by atoms with Gasteiger partial charge in [-0.1, -0.05) is 26.0 Å². The molecule has 0 aromatic heterocycles. The van der Waals surface area contributed by atoms with Gasteiger partial charge in [-0.2, -0.15) is 4.31 Å². The fourth-order valence-corrected chi connectivity index (χ4v) is 6.41. The van der Waals surface area contributed by atoms with Crippen molar-refractivity contribution in [2.45, 2.75) is 44.1 Å². The van der Waals surface area contributed by atoms with Crippen molar-refractivity contribution in [1.29, 1.82) is 0 Å². The molecule has 2 aromatic carbocycles. The van der Waals surface area contributed by atoms with E-state index in [2.05, 4.69) is 0 Å². The topological polar surface area (TPSA) is 84.0 Å². The molecule has 0 radical (unpaired) electrons. The van der Waals surface area contributed by atoms with E-state index >= 15 is 0 Å². The molecule has 0 aliphatic carbocycles. The zero-order valence-corrected chi connectivity index (χ0v) is 21.5. The molecule has 0 saturated carbocycles. The van der Waals surface area contributed by atoms with Crippen molar-refractivity contribution in [3.05, 3.63) is 59.9 Å². The number of sulfonamides is 2. The Hall–Kier alpha value is -2.01. The van der Waals surface area contributed by atoms with Crippen LogP contribution in [0.5, 0.6) is 5.75 Å². The fourth-order valence-electron chi connectivity index (χ4n) is 3.94. The lowest BCUT2D eigenvalue weighted by atomic mass is 10.1. The average Bonchev–Trinajstić information content (AvgIpc) is 2.77. The van der Waals surface area contributed by atoms with Crippen LogP contribution in [0.2, 0.25) is 0 Å². The molecule has 34 heavy (non-hydrogen) atoms. The van der Waals surface area contributed by atoms with Crippen molar-refractivity contribution in [3.8, 4) is 5.75 Å². The Morgan fingerprint density at radius 3 is 2.12 bits per heavy atom.